The highest BCUT2D eigenvalue weighted by atomic mass is 16.2. The van der Waals surface area contributed by atoms with E-state index in [4.69, 9.17) is 0 Å². The van der Waals surface area contributed by atoms with Crippen molar-refractivity contribution in [2.45, 2.75) is 0 Å². The summed E-state index contributed by atoms with van der Waals surface area (Å²) in [5.74, 6) is 0. The number of nitrogens with one attached hydrogen (secondary N) is 2. The second kappa shape index (κ2) is 6.13. The van der Waals surface area contributed by atoms with Crippen LogP contribution >= 0.6 is 0 Å². The van der Waals surface area contributed by atoms with E-state index in [-0.39, 0.29) is 6.03 Å². The predicted molar refractivity (Wildman–Crippen MR) is 87.7 cm³/mol. The molecular formula is C17H16N4O. The summed E-state index contributed by atoms with van der Waals surface area (Å²) in [6.07, 6.45) is 1.65. The molecule has 0 spiro atoms. The lowest BCUT2D eigenvalue weighted by Crippen LogP contribution is -2.19. The summed E-state index contributed by atoms with van der Waals surface area (Å²) in [5, 5.41) is 9.86. The van der Waals surface area contributed by atoms with Gasteiger partial charge in [0.2, 0.25) is 0 Å². The van der Waals surface area contributed by atoms with Crippen molar-refractivity contribution in [2.75, 3.05) is 10.6 Å². The minimum absolute atomic E-state index is 0.295. The second-order valence-corrected chi connectivity index (χ2v) is 4.84. The maximum Gasteiger partial charge on any atom is 0.323 e. The van der Waals surface area contributed by atoms with E-state index in [9.17, 15) is 4.79 Å². The Morgan fingerprint density at radius 3 is 2.27 bits per heavy atom. The van der Waals surface area contributed by atoms with Crippen molar-refractivity contribution in [1.82, 2.24) is 9.78 Å². The van der Waals surface area contributed by atoms with Gasteiger partial charge < -0.3 is 10.6 Å². The van der Waals surface area contributed by atoms with Gasteiger partial charge in [-0.15, -0.1) is 0 Å². The van der Waals surface area contributed by atoms with Gasteiger partial charge in [0.25, 0.3) is 0 Å². The van der Waals surface area contributed by atoms with Crippen LogP contribution in [0.4, 0.5) is 16.2 Å². The van der Waals surface area contributed by atoms with Gasteiger partial charge in [0.15, 0.2) is 0 Å². The first-order chi connectivity index (χ1) is 10.7. The minimum Gasteiger partial charge on any atom is -0.308 e. The zero-order valence-corrected chi connectivity index (χ0v) is 12.2. The molecule has 0 fully saturated rings. The van der Waals surface area contributed by atoms with Gasteiger partial charge in [-0.05, 0) is 12.1 Å². The summed E-state index contributed by atoms with van der Waals surface area (Å²) in [7, 11) is 1.85. The molecule has 0 saturated carbocycles. The Hall–Kier alpha value is -3.08. The molecule has 0 aliphatic rings. The number of hydrogen-bond donors (Lipinski definition) is 2. The fourth-order valence-corrected chi connectivity index (χ4v) is 2.27. The van der Waals surface area contributed by atoms with Crippen LogP contribution in [0, 0.1) is 0 Å². The molecule has 110 valence electrons. The number of benzene rings is 2. The average Bonchev–Trinajstić information content (AvgIpc) is 2.89. The van der Waals surface area contributed by atoms with Gasteiger partial charge in [-0.1, -0.05) is 48.5 Å². The Morgan fingerprint density at radius 2 is 1.59 bits per heavy atom. The fourth-order valence-electron chi connectivity index (χ4n) is 2.27. The molecule has 3 aromatic rings. The van der Waals surface area contributed by atoms with Crippen LogP contribution < -0.4 is 10.6 Å². The molecule has 2 N–H and O–H groups in total. The maximum absolute atomic E-state index is 12.1. The lowest BCUT2D eigenvalue weighted by molar-refractivity contribution is 0.262. The van der Waals surface area contributed by atoms with Crippen molar-refractivity contribution in [1.29, 1.82) is 0 Å². The first kappa shape index (κ1) is 13.9. The molecule has 3 rings (SSSR count). The van der Waals surface area contributed by atoms with Crippen molar-refractivity contribution < 1.29 is 4.79 Å². The van der Waals surface area contributed by atoms with Gasteiger partial charge >= 0.3 is 6.03 Å². The largest absolute Gasteiger partial charge is 0.323 e. The van der Waals surface area contributed by atoms with Crippen LogP contribution in [-0.2, 0) is 7.05 Å². The Balaban J connectivity index is 1.80. The number of aryl methyl sites for hydroxylation is 1. The molecule has 0 radical (unpaired) electrons. The smallest absolute Gasteiger partial charge is 0.308 e. The van der Waals surface area contributed by atoms with Crippen LogP contribution in [0.15, 0.2) is 66.9 Å². The topological polar surface area (TPSA) is 59.0 Å². The number of carbonyl (C=O) groups is 1. The van der Waals surface area contributed by atoms with Gasteiger partial charge in [-0.3, -0.25) is 4.68 Å². The SMILES string of the molecule is Cn1ncc(NC(=O)Nc2ccccc2)c1-c1ccccc1. The maximum atomic E-state index is 12.1. The monoisotopic (exact) mass is 292 g/mol. The highest BCUT2D eigenvalue weighted by Gasteiger charge is 2.13. The van der Waals surface area contributed by atoms with E-state index >= 15 is 0 Å². The third-order valence-corrected chi connectivity index (χ3v) is 3.27. The van der Waals surface area contributed by atoms with Crippen molar-refractivity contribution in [3.05, 3.63) is 66.9 Å². The lowest BCUT2D eigenvalue weighted by atomic mass is 10.1. The molecule has 0 unspecified atom stereocenters. The number of para-hydroxylation sites is 1. The Morgan fingerprint density at radius 1 is 0.955 bits per heavy atom. The van der Waals surface area contributed by atoms with Crippen molar-refractivity contribution >= 4 is 17.4 Å². The zero-order valence-electron chi connectivity index (χ0n) is 12.2. The summed E-state index contributed by atoms with van der Waals surface area (Å²) in [6.45, 7) is 0. The summed E-state index contributed by atoms with van der Waals surface area (Å²) in [4.78, 5) is 12.1. The molecule has 1 heterocycles. The van der Waals surface area contributed by atoms with Gasteiger partial charge in [-0.25, -0.2) is 4.79 Å². The van der Waals surface area contributed by atoms with Gasteiger partial charge in [0.05, 0.1) is 17.6 Å². The van der Waals surface area contributed by atoms with E-state index in [1.807, 2.05) is 67.7 Å². The van der Waals surface area contributed by atoms with Crippen LogP contribution in [0.25, 0.3) is 11.3 Å². The molecule has 22 heavy (non-hydrogen) atoms. The number of hydrogen-bond acceptors (Lipinski definition) is 2. The van der Waals surface area contributed by atoms with Gasteiger partial charge in [-0.2, -0.15) is 5.10 Å². The molecule has 1 aromatic heterocycles. The highest BCUT2D eigenvalue weighted by Crippen LogP contribution is 2.27. The van der Waals surface area contributed by atoms with Gasteiger partial charge in [0.1, 0.15) is 0 Å². The first-order valence-electron chi connectivity index (χ1n) is 6.94. The number of rotatable bonds is 3. The molecule has 5 heteroatoms. The number of anilines is 2. The van der Waals surface area contributed by atoms with Crippen molar-refractivity contribution in [3.63, 3.8) is 0 Å². The number of urea groups is 1. The van der Waals surface area contributed by atoms with E-state index in [0.29, 0.717) is 5.69 Å². The second-order valence-electron chi connectivity index (χ2n) is 4.84. The van der Waals surface area contributed by atoms with Crippen LogP contribution in [-0.4, -0.2) is 15.8 Å². The summed E-state index contributed by atoms with van der Waals surface area (Å²) >= 11 is 0. The standard InChI is InChI=1S/C17H16N4O/c1-21-16(13-8-4-2-5-9-13)15(12-18-21)20-17(22)19-14-10-6-3-7-11-14/h2-12H,1H3,(H2,19,20,22). The third-order valence-electron chi connectivity index (χ3n) is 3.27. The van der Waals surface area contributed by atoms with E-state index in [1.165, 1.54) is 0 Å². The van der Waals surface area contributed by atoms with Crippen molar-refractivity contribution in [2.24, 2.45) is 7.05 Å². The molecule has 2 amide bonds. The number of amides is 2. The van der Waals surface area contributed by atoms with E-state index in [1.54, 1.807) is 10.9 Å². The molecule has 5 nitrogen and oxygen atoms in total. The molecular weight excluding hydrogens is 276 g/mol. The third kappa shape index (κ3) is 2.98. The van der Waals surface area contributed by atoms with Crippen LogP contribution in [0.3, 0.4) is 0 Å². The summed E-state index contributed by atoms with van der Waals surface area (Å²) < 4.78 is 1.74. The average molecular weight is 292 g/mol. The normalized spacial score (nSPS) is 10.2. The molecule has 0 saturated heterocycles. The Labute approximate surface area is 128 Å². The number of nitrogens with zero attached hydrogens (tertiary/aromatic N) is 2. The summed E-state index contributed by atoms with van der Waals surface area (Å²) in [6, 6.07) is 18.8. The van der Waals surface area contributed by atoms with Crippen LogP contribution in [0.5, 0.6) is 0 Å². The number of carbonyl (C=O) groups excluding carboxylic acids is 1. The number of aromatic nitrogens is 2. The van der Waals surface area contributed by atoms with E-state index in [0.717, 1.165) is 16.9 Å². The Kier molecular flexibility index (Phi) is 3.87. The quantitative estimate of drug-likeness (QED) is 0.772. The molecule has 0 aliphatic heterocycles. The van der Waals surface area contributed by atoms with Gasteiger partial charge in [0, 0.05) is 18.3 Å². The lowest BCUT2D eigenvalue weighted by Gasteiger charge is -2.09. The molecule has 0 bridgehead atoms. The highest BCUT2D eigenvalue weighted by molar-refractivity contribution is 6.01. The van der Waals surface area contributed by atoms with Crippen LogP contribution in [0.1, 0.15) is 0 Å². The Bertz CT molecular complexity index is 766. The predicted octanol–water partition coefficient (Wildman–Crippen LogP) is 3.73. The summed E-state index contributed by atoms with van der Waals surface area (Å²) in [5.41, 5.74) is 3.27. The molecule has 2 aromatic carbocycles. The zero-order chi connectivity index (χ0) is 15.4. The minimum atomic E-state index is -0.295. The van der Waals surface area contributed by atoms with E-state index in [2.05, 4.69) is 15.7 Å². The first-order valence-corrected chi connectivity index (χ1v) is 6.94. The fraction of sp³-hybridized carbons (Fsp3) is 0.0588. The van der Waals surface area contributed by atoms with Crippen LogP contribution in [0.2, 0.25) is 0 Å². The molecule has 0 aliphatic carbocycles. The van der Waals surface area contributed by atoms with E-state index < -0.39 is 0 Å². The molecule has 0 atom stereocenters. The van der Waals surface area contributed by atoms with Crippen molar-refractivity contribution in [3.8, 4) is 11.3 Å².